The van der Waals surface area contributed by atoms with E-state index in [9.17, 15) is 4.79 Å². The Kier molecular flexibility index (Phi) is 6.17. The molecule has 2 aromatic rings. The maximum Gasteiger partial charge on any atom is 0.267 e. The van der Waals surface area contributed by atoms with E-state index in [0.29, 0.717) is 15.9 Å². The average molecular weight is 578 g/mol. The maximum atomic E-state index is 12.6. The third kappa shape index (κ3) is 4.30. The van der Waals surface area contributed by atoms with Crippen molar-refractivity contribution < 1.29 is 4.79 Å². The molecule has 0 spiro atoms. The molecule has 7 heteroatoms. The van der Waals surface area contributed by atoms with Crippen LogP contribution in [0.2, 0.25) is 0 Å². The SMILES string of the molecule is O=C1C(=Cc2ccc(I)cc2)SC(=S)N1CNc1ccccc1I. The Morgan fingerprint density at radius 2 is 1.83 bits per heavy atom. The summed E-state index contributed by atoms with van der Waals surface area (Å²) in [7, 11) is 0. The smallest absolute Gasteiger partial charge is 0.267 e. The molecular formula is C17H12I2N2OS2. The van der Waals surface area contributed by atoms with E-state index >= 15 is 0 Å². The molecule has 1 fully saturated rings. The number of para-hydroxylation sites is 1. The Morgan fingerprint density at radius 3 is 2.54 bits per heavy atom. The largest absolute Gasteiger partial charge is 0.366 e. The molecule has 1 N–H and O–H groups in total. The Balaban J connectivity index is 1.72. The summed E-state index contributed by atoms with van der Waals surface area (Å²) in [6.07, 6.45) is 1.89. The van der Waals surface area contributed by atoms with Gasteiger partial charge in [-0.05, 0) is 81.1 Å². The topological polar surface area (TPSA) is 32.3 Å². The lowest BCUT2D eigenvalue weighted by Crippen LogP contribution is -2.33. The lowest BCUT2D eigenvalue weighted by atomic mass is 10.2. The lowest BCUT2D eigenvalue weighted by molar-refractivity contribution is -0.121. The summed E-state index contributed by atoms with van der Waals surface area (Å²) in [5.74, 6) is -0.0537. The third-order valence-electron chi connectivity index (χ3n) is 3.34. The average Bonchev–Trinajstić information content (AvgIpc) is 2.83. The molecule has 1 aliphatic heterocycles. The van der Waals surface area contributed by atoms with Gasteiger partial charge in [0.1, 0.15) is 4.32 Å². The first kappa shape index (κ1) is 18.2. The fourth-order valence-corrected chi connectivity index (χ4v) is 4.31. The second kappa shape index (κ2) is 8.15. The molecule has 3 nitrogen and oxygen atoms in total. The molecule has 0 bridgehead atoms. The minimum absolute atomic E-state index is 0.0537. The fourth-order valence-electron chi connectivity index (χ4n) is 2.12. The monoisotopic (exact) mass is 578 g/mol. The van der Waals surface area contributed by atoms with Gasteiger partial charge >= 0.3 is 0 Å². The van der Waals surface area contributed by atoms with Gasteiger partial charge in [-0.2, -0.15) is 0 Å². The molecule has 2 aromatic carbocycles. The Labute approximate surface area is 177 Å². The third-order valence-corrected chi connectivity index (χ3v) is 6.38. The van der Waals surface area contributed by atoms with E-state index in [1.165, 1.54) is 15.3 Å². The van der Waals surface area contributed by atoms with Crippen LogP contribution in [0.1, 0.15) is 5.56 Å². The van der Waals surface area contributed by atoms with Crippen molar-refractivity contribution in [3.05, 3.63) is 66.1 Å². The van der Waals surface area contributed by atoms with Gasteiger partial charge in [-0.25, -0.2) is 0 Å². The molecule has 1 amide bonds. The van der Waals surface area contributed by atoms with E-state index in [4.69, 9.17) is 12.2 Å². The highest BCUT2D eigenvalue weighted by Gasteiger charge is 2.31. The lowest BCUT2D eigenvalue weighted by Gasteiger charge is -2.16. The van der Waals surface area contributed by atoms with Crippen LogP contribution < -0.4 is 5.32 Å². The number of rotatable bonds is 4. The summed E-state index contributed by atoms with van der Waals surface area (Å²) in [5, 5.41) is 3.28. The first-order valence-electron chi connectivity index (χ1n) is 7.04. The van der Waals surface area contributed by atoms with Crippen molar-refractivity contribution in [2.75, 3.05) is 12.0 Å². The number of thioether (sulfide) groups is 1. The van der Waals surface area contributed by atoms with Crippen LogP contribution in [-0.2, 0) is 4.79 Å². The van der Waals surface area contributed by atoms with Gasteiger partial charge in [0.05, 0.1) is 11.6 Å². The van der Waals surface area contributed by atoms with E-state index in [2.05, 4.69) is 50.5 Å². The molecule has 0 aliphatic carbocycles. The number of hydrogen-bond donors (Lipinski definition) is 1. The van der Waals surface area contributed by atoms with Crippen LogP contribution in [0.5, 0.6) is 0 Å². The number of thiocarbonyl (C=S) groups is 1. The number of nitrogens with zero attached hydrogens (tertiary/aromatic N) is 1. The van der Waals surface area contributed by atoms with Gasteiger partial charge in [-0.15, -0.1) is 0 Å². The first-order chi connectivity index (χ1) is 11.5. The van der Waals surface area contributed by atoms with Crippen molar-refractivity contribution in [2.45, 2.75) is 0 Å². The second-order valence-electron chi connectivity index (χ2n) is 4.98. The van der Waals surface area contributed by atoms with Gasteiger partial charge in [0.2, 0.25) is 0 Å². The van der Waals surface area contributed by atoms with Crippen molar-refractivity contribution in [2.24, 2.45) is 0 Å². The standard InChI is InChI=1S/C17H12I2N2OS2/c18-12-7-5-11(6-8-12)9-15-16(22)21(17(23)24-15)10-20-14-4-2-1-3-13(14)19/h1-9,20H,10H2. The molecule has 122 valence electrons. The Bertz CT molecular complexity index is 822. The number of amides is 1. The summed E-state index contributed by atoms with van der Waals surface area (Å²) in [4.78, 5) is 14.9. The normalized spacial score (nSPS) is 16.1. The summed E-state index contributed by atoms with van der Waals surface area (Å²) in [5.41, 5.74) is 2.00. The highest BCUT2D eigenvalue weighted by atomic mass is 127. The molecule has 0 radical (unpaired) electrons. The zero-order chi connectivity index (χ0) is 17.1. The summed E-state index contributed by atoms with van der Waals surface area (Å²) in [6, 6.07) is 16.0. The molecule has 3 rings (SSSR count). The molecule has 1 aliphatic rings. The van der Waals surface area contributed by atoms with Gasteiger partial charge in [-0.1, -0.05) is 48.2 Å². The second-order valence-corrected chi connectivity index (χ2v) is 9.06. The van der Waals surface area contributed by atoms with Crippen molar-refractivity contribution in [3.63, 3.8) is 0 Å². The van der Waals surface area contributed by atoms with Crippen molar-refractivity contribution in [1.29, 1.82) is 0 Å². The van der Waals surface area contributed by atoms with Crippen molar-refractivity contribution in [1.82, 2.24) is 4.90 Å². The van der Waals surface area contributed by atoms with E-state index in [0.717, 1.165) is 14.8 Å². The molecule has 1 heterocycles. The van der Waals surface area contributed by atoms with E-state index in [1.54, 1.807) is 4.90 Å². The number of nitrogens with one attached hydrogen (secondary N) is 1. The molecule has 0 aromatic heterocycles. The van der Waals surface area contributed by atoms with Crippen LogP contribution in [0.15, 0.2) is 53.4 Å². The number of hydrogen-bond acceptors (Lipinski definition) is 4. The van der Waals surface area contributed by atoms with Crippen molar-refractivity contribution >= 4 is 91.2 Å². The molecule has 0 unspecified atom stereocenters. The minimum atomic E-state index is -0.0537. The summed E-state index contributed by atoms with van der Waals surface area (Å²) in [6.45, 7) is 0.370. The minimum Gasteiger partial charge on any atom is -0.366 e. The molecule has 0 atom stereocenters. The summed E-state index contributed by atoms with van der Waals surface area (Å²) >= 11 is 11.2. The number of carbonyl (C=O) groups is 1. The van der Waals surface area contributed by atoms with E-state index in [1.807, 2.05) is 54.6 Å². The van der Waals surface area contributed by atoms with Crippen LogP contribution in [-0.4, -0.2) is 21.8 Å². The summed E-state index contributed by atoms with van der Waals surface area (Å²) < 4.78 is 2.85. The maximum absolute atomic E-state index is 12.6. The quantitative estimate of drug-likeness (QED) is 0.309. The number of carbonyl (C=O) groups excluding carboxylic acids is 1. The highest BCUT2D eigenvalue weighted by molar-refractivity contribution is 14.1. The zero-order valence-electron chi connectivity index (χ0n) is 12.3. The van der Waals surface area contributed by atoms with Crippen LogP contribution in [0, 0.1) is 7.14 Å². The highest BCUT2D eigenvalue weighted by Crippen LogP contribution is 2.32. The number of halogens is 2. The van der Waals surface area contributed by atoms with E-state index < -0.39 is 0 Å². The van der Waals surface area contributed by atoms with Gasteiger partial charge in [-0.3, -0.25) is 9.69 Å². The first-order valence-corrected chi connectivity index (χ1v) is 10.4. The Hall–Kier alpha value is -0.650. The van der Waals surface area contributed by atoms with Gasteiger partial charge < -0.3 is 5.32 Å². The van der Waals surface area contributed by atoms with Crippen LogP contribution in [0.3, 0.4) is 0 Å². The zero-order valence-corrected chi connectivity index (χ0v) is 18.3. The van der Waals surface area contributed by atoms with Gasteiger partial charge in [0.25, 0.3) is 5.91 Å². The predicted octanol–water partition coefficient (Wildman–Crippen LogP) is 5.17. The molecule has 0 saturated carbocycles. The molecule has 1 saturated heterocycles. The van der Waals surface area contributed by atoms with E-state index in [-0.39, 0.29) is 5.91 Å². The molecular weight excluding hydrogens is 566 g/mol. The van der Waals surface area contributed by atoms with Crippen molar-refractivity contribution in [3.8, 4) is 0 Å². The fraction of sp³-hybridized carbons (Fsp3) is 0.0588. The van der Waals surface area contributed by atoms with Gasteiger partial charge in [0.15, 0.2) is 0 Å². The Morgan fingerprint density at radius 1 is 1.12 bits per heavy atom. The number of anilines is 1. The van der Waals surface area contributed by atoms with Gasteiger partial charge in [0, 0.05) is 12.8 Å². The number of benzene rings is 2. The van der Waals surface area contributed by atoms with Crippen LogP contribution in [0.25, 0.3) is 6.08 Å². The predicted molar refractivity (Wildman–Crippen MR) is 122 cm³/mol. The van der Waals surface area contributed by atoms with Crippen LogP contribution >= 0.6 is 69.2 Å². The van der Waals surface area contributed by atoms with Crippen LogP contribution in [0.4, 0.5) is 5.69 Å². The molecule has 24 heavy (non-hydrogen) atoms.